The van der Waals surface area contributed by atoms with Gasteiger partial charge in [-0.3, -0.25) is 0 Å². The lowest BCUT2D eigenvalue weighted by Crippen LogP contribution is -2.40. The largest absolute Gasteiger partial charge is 0.348 e. The van der Waals surface area contributed by atoms with E-state index in [4.69, 9.17) is 23.8 Å². The summed E-state index contributed by atoms with van der Waals surface area (Å²) < 4.78 is 23.0. The highest BCUT2D eigenvalue weighted by atomic mass is 35.5. The molecule has 0 aliphatic carbocycles. The second kappa shape index (κ2) is 5.87. The summed E-state index contributed by atoms with van der Waals surface area (Å²) in [5.41, 5.74) is 1.76. The van der Waals surface area contributed by atoms with Gasteiger partial charge in [0.15, 0.2) is 14.9 Å². The zero-order valence-corrected chi connectivity index (χ0v) is 13.8. The van der Waals surface area contributed by atoms with Gasteiger partial charge in [-0.15, -0.1) is 0 Å². The summed E-state index contributed by atoms with van der Waals surface area (Å²) in [5.74, 6) is 0.403. The summed E-state index contributed by atoms with van der Waals surface area (Å²) in [4.78, 5) is 1.82. The number of nitrogens with zero attached hydrogens (tertiary/aromatic N) is 1. The molecule has 1 N–H and O–H groups in total. The molecule has 20 heavy (non-hydrogen) atoms. The number of nitrogens with one attached hydrogen (secondary N) is 1. The predicted octanol–water partition coefficient (Wildman–Crippen LogP) is 2.46. The molecule has 1 fully saturated rings. The monoisotopic (exact) mass is 332 g/mol. The quantitative estimate of drug-likeness (QED) is 0.843. The smallest absolute Gasteiger partial charge is 0.173 e. The Morgan fingerprint density at radius 1 is 1.50 bits per heavy atom. The number of sulfone groups is 1. The fourth-order valence-corrected chi connectivity index (χ4v) is 4.40. The molecule has 1 atom stereocenters. The van der Waals surface area contributed by atoms with Crippen molar-refractivity contribution in [2.45, 2.75) is 19.4 Å². The second-order valence-electron chi connectivity index (χ2n) is 5.01. The van der Waals surface area contributed by atoms with Gasteiger partial charge in [0.1, 0.15) is 0 Å². The average Bonchev–Trinajstić information content (AvgIpc) is 2.74. The molecular formula is C13H17ClN2O2S2. The first-order valence-corrected chi connectivity index (χ1v) is 8.90. The summed E-state index contributed by atoms with van der Waals surface area (Å²) in [5, 5.41) is 4.31. The molecule has 0 radical (unpaired) electrons. The van der Waals surface area contributed by atoms with E-state index in [1.54, 1.807) is 0 Å². The first-order valence-electron chi connectivity index (χ1n) is 6.29. The van der Waals surface area contributed by atoms with Gasteiger partial charge in [0, 0.05) is 23.8 Å². The third-order valence-electron chi connectivity index (χ3n) is 3.59. The van der Waals surface area contributed by atoms with E-state index in [-0.39, 0.29) is 17.5 Å². The first kappa shape index (κ1) is 15.5. The Morgan fingerprint density at radius 3 is 2.80 bits per heavy atom. The molecule has 0 aromatic heterocycles. The van der Waals surface area contributed by atoms with Gasteiger partial charge in [-0.2, -0.15) is 0 Å². The second-order valence-corrected chi connectivity index (χ2v) is 8.03. The van der Waals surface area contributed by atoms with Crippen LogP contribution in [0.5, 0.6) is 0 Å². The highest BCUT2D eigenvalue weighted by molar-refractivity contribution is 7.91. The van der Waals surface area contributed by atoms with Crippen LogP contribution in [-0.2, 0) is 9.84 Å². The molecule has 0 unspecified atom stereocenters. The summed E-state index contributed by atoms with van der Waals surface area (Å²) in [7, 11) is -1.09. The SMILES string of the molecule is Cc1c(Cl)cccc1NC(=S)N(C)[C@@H]1CCS(=O)(=O)C1. The number of thiocarbonyl (C=S) groups is 1. The van der Waals surface area contributed by atoms with Crippen LogP contribution in [0.3, 0.4) is 0 Å². The third-order valence-corrected chi connectivity index (χ3v) is 6.14. The molecule has 1 aliphatic rings. The standard InChI is InChI=1S/C13H17ClN2O2S2/c1-9-11(14)4-3-5-12(9)15-13(19)16(2)10-6-7-20(17,18)8-10/h3-5,10H,6-8H2,1-2H3,(H,15,19)/t10-/m1/s1. The van der Waals surface area contributed by atoms with E-state index in [1.165, 1.54) is 0 Å². The Kier molecular flexibility index (Phi) is 4.56. The van der Waals surface area contributed by atoms with E-state index in [1.807, 2.05) is 37.1 Å². The lowest BCUT2D eigenvalue weighted by atomic mass is 10.2. The van der Waals surface area contributed by atoms with Crippen LogP contribution in [0.25, 0.3) is 0 Å². The molecule has 7 heteroatoms. The van der Waals surface area contributed by atoms with Crippen LogP contribution in [0.1, 0.15) is 12.0 Å². The van der Waals surface area contributed by atoms with Crippen molar-refractivity contribution in [3.8, 4) is 0 Å². The molecule has 0 amide bonds. The van der Waals surface area contributed by atoms with Gasteiger partial charge in [-0.05, 0) is 43.3 Å². The van der Waals surface area contributed by atoms with E-state index in [0.29, 0.717) is 16.6 Å². The van der Waals surface area contributed by atoms with Crippen molar-refractivity contribution in [1.29, 1.82) is 0 Å². The molecule has 1 aromatic rings. The van der Waals surface area contributed by atoms with Crippen LogP contribution in [0.4, 0.5) is 5.69 Å². The van der Waals surface area contributed by atoms with Gasteiger partial charge in [0.25, 0.3) is 0 Å². The molecule has 110 valence electrons. The number of hydrogen-bond donors (Lipinski definition) is 1. The maximum atomic E-state index is 11.5. The van der Waals surface area contributed by atoms with Gasteiger partial charge in [0.2, 0.25) is 0 Å². The number of benzene rings is 1. The Morgan fingerprint density at radius 2 is 2.20 bits per heavy atom. The van der Waals surface area contributed by atoms with Gasteiger partial charge in [0.05, 0.1) is 11.5 Å². The summed E-state index contributed by atoms with van der Waals surface area (Å²) >= 11 is 11.4. The van der Waals surface area contributed by atoms with Gasteiger partial charge in [-0.25, -0.2) is 8.42 Å². The Hall–Kier alpha value is -0.850. The van der Waals surface area contributed by atoms with Crippen molar-refractivity contribution in [2.24, 2.45) is 0 Å². The fraction of sp³-hybridized carbons (Fsp3) is 0.462. The molecular weight excluding hydrogens is 316 g/mol. The van der Waals surface area contributed by atoms with Crippen LogP contribution < -0.4 is 5.32 Å². The van der Waals surface area contributed by atoms with Crippen molar-refractivity contribution in [1.82, 2.24) is 4.90 Å². The van der Waals surface area contributed by atoms with Crippen molar-refractivity contribution >= 4 is 44.5 Å². The maximum Gasteiger partial charge on any atom is 0.173 e. The van der Waals surface area contributed by atoms with Crippen molar-refractivity contribution in [3.05, 3.63) is 28.8 Å². The molecule has 1 saturated heterocycles. The lowest BCUT2D eigenvalue weighted by Gasteiger charge is -2.27. The Balaban J connectivity index is 2.07. The number of anilines is 1. The van der Waals surface area contributed by atoms with E-state index in [2.05, 4.69) is 5.32 Å². The predicted molar refractivity (Wildman–Crippen MR) is 87.2 cm³/mol. The van der Waals surface area contributed by atoms with Crippen LogP contribution in [0, 0.1) is 6.92 Å². The van der Waals surface area contributed by atoms with E-state index in [9.17, 15) is 8.42 Å². The molecule has 1 aromatic carbocycles. The zero-order valence-electron chi connectivity index (χ0n) is 11.4. The van der Waals surface area contributed by atoms with Gasteiger partial charge < -0.3 is 10.2 Å². The Labute approximate surface area is 130 Å². The zero-order chi connectivity index (χ0) is 14.9. The third kappa shape index (κ3) is 3.42. The van der Waals surface area contributed by atoms with E-state index >= 15 is 0 Å². The van der Waals surface area contributed by atoms with Crippen LogP contribution in [0.2, 0.25) is 5.02 Å². The summed E-state index contributed by atoms with van der Waals surface area (Å²) in [6, 6.07) is 5.50. The first-order chi connectivity index (χ1) is 9.30. The topological polar surface area (TPSA) is 49.4 Å². The number of rotatable bonds is 2. The molecule has 0 spiro atoms. The van der Waals surface area contributed by atoms with E-state index in [0.717, 1.165) is 11.3 Å². The normalized spacial score (nSPS) is 20.6. The minimum absolute atomic E-state index is 0.0560. The Bertz CT molecular complexity index is 631. The van der Waals surface area contributed by atoms with Crippen LogP contribution in [-0.4, -0.2) is 43.0 Å². The molecule has 2 rings (SSSR count). The van der Waals surface area contributed by atoms with Gasteiger partial charge in [-0.1, -0.05) is 17.7 Å². The van der Waals surface area contributed by atoms with E-state index < -0.39 is 9.84 Å². The fourth-order valence-electron chi connectivity index (χ4n) is 2.19. The van der Waals surface area contributed by atoms with Crippen LogP contribution >= 0.6 is 23.8 Å². The number of halogens is 1. The maximum absolute atomic E-state index is 11.5. The summed E-state index contributed by atoms with van der Waals surface area (Å²) in [6.45, 7) is 1.91. The average molecular weight is 333 g/mol. The molecule has 4 nitrogen and oxygen atoms in total. The molecule has 1 heterocycles. The molecule has 0 bridgehead atoms. The minimum Gasteiger partial charge on any atom is -0.348 e. The molecule has 0 saturated carbocycles. The highest BCUT2D eigenvalue weighted by Crippen LogP contribution is 2.24. The highest BCUT2D eigenvalue weighted by Gasteiger charge is 2.31. The number of hydrogen-bond acceptors (Lipinski definition) is 3. The van der Waals surface area contributed by atoms with Crippen molar-refractivity contribution in [2.75, 3.05) is 23.9 Å². The van der Waals surface area contributed by atoms with Gasteiger partial charge >= 0.3 is 0 Å². The lowest BCUT2D eigenvalue weighted by molar-refractivity contribution is 0.402. The molecule has 1 aliphatic heterocycles. The van der Waals surface area contributed by atoms with Crippen LogP contribution in [0.15, 0.2) is 18.2 Å². The van der Waals surface area contributed by atoms with Crippen molar-refractivity contribution < 1.29 is 8.42 Å². The van der Waals surface area contributed by atoms with Crippen molar-refractivity contribution in [3.63, 3.8) is 0 Å². The summed E-state index contributed by atoms with van der Waals surface area (Å²) in [6.07, 6.45) is 0.620. The minimum atomic E-state index is -2.91.